The zero-order valence-corrected chi connectivity index (χ0v) is 30.6. The molecule has 0 fully saturated rings. The molecule has 274 valence electrons. The first-order valence-electron chi connectivity index (χ1n) is 17.7. The maximum atomic E-state index is 14.4. The lowest BCUT2D eigenvalue weighted by Crippen LogP contribution is -2.12. The Morgan fingerprint density at radius 2 is 0.889 bits per heavy atom. The fraction of sp³-hybridized carbons (Fsp3) is 0.222. The molecule has 0 radical (unpaired) electrons. The molecule has 0 bridgehead atoms. The average Bonchev–Trinajstić information content (AvgIpc) is 3.62. The van der Waals surface area contributed by atoms with Gasteiger partial charge in [-0.2, -0.15) is 26.3 Å². The van der Waals surface area contributed by atoms with Crippen molar-refractivity contribution in [2.45, 2.75) is 64.7 Å². The normalized spacial score (nSPS) is 13.2. The summed E-state index contributed by atoms with van der Waals surface area (Å²) in [4.78, 5) is 4.98. The van der Waals surface area contributed by atoms with Crippen molar-refractivity contribution in [3.63, 3.8) is 0 Å². The Bertz CT molecular complexity index is 2730. The molecule has 8 rings (SSSR count). The van der Waals surface area contributed by atoms with Gasteiger partial charge in [-0.3, -0.25) is 4.57 Å². The molecule has 3 nitrogen and oxygen atoms in total. The molecular weight excluding hydrogens is 697 g/mol. The van der Waals surface area contributed by atoms with Crippen LogP contribution in [0.5, 0.6) is 0 Å². The lowest BCUT2D eigenvalue weighted by molar-refractivity contribution is -0.143. The number of pyridine rings is 1. The van der Waals surface area contributed by atoms with Gasteiger partial charge in [-0.05, 0) is 76.1 Å². The van der Waals surface area contributed by atoms with Crippen molar-refractivity contribution in [1.82, 2.24) is 14.1 Å². The largest absolute Gasteiger partial charge is 0.416 e. The van der Waals surface area contributed by atoms with E-state index in [4.69, 9.17) is 4.98 Å². The fourth-order valence-electron chi connectivity index (χ4n) is 7.46. The van der Waals surface area contributed by atoms with Crippen molar-refractivity contribution >= 4 is 43.6 Å². The summed E-state index contributed by atoms with van der Waals surface area (Å²) in [6.45, 7) is 12.6. The summed E-state index contributed by atoms with van der Waals surface area (Å²) >= 11 is 0. The van der Waals surface area contributed by atoms with Crippen LogP contribution in [0.2, 0.25) is 0 Å². The second-order valence-corrected chi connectivity index (χ2v) is 16.0. The maximum absolute atomic E-state index is 14.4. The quantitative estimate of drug-likeness (QED) is 0.166. The highest BCUT2D eigenvalue weighted by Crippen LogP contribution is 2.43. The number of aromatic nitrogens is 3. The van der Waals surface area contributed by atoms with E-state index in [2.05, 4.69) is 65.8 Å². The number of halogens is 6. The minimum absolute atomic E-state index is 0.165. The molecule has 3 heterocycles. The minimum atomic E-state index is -5.03. The Morgan fingerprint density at radius 1 is 0.444 bits per heavy atom. The summed E-state index contributed by atoms with van der Waals surface area (Å²) in [5.41, 5.74) is 2.25. The Labute approximate surface area is 308 Å². The van der Waals surface area contributed by atoms with Crippen molar-refractivity contribution in [2.24, 2.45) is 0 Å². The summed E-state index contributed by atoms with van der Waals surface area (Å²) in [5.74, 6) is 0.355. The molecule has 0 N–H and O–H groups in total. The maximum Gasteiger partial charge on any atom is 0.416 e. The number of rotatable bonds is 3. The van der Waals surface area contributed by atoms with Gasteiger partial charge in [0.05, 0.1) is 45.1 Å². The Kier molecular flexibility index (Phi) is 7.86. The molecule has 0 spiro atoms. The van der Waals surface area contributed by atoms with Gasteiger partial charge >= 0.3 is 12.4 Å². The number of fused-ring (bicyclic) bond motifs is 6. The van der Waals surface area contributed by atoms with E-state index < -0.39 is 23.5 Å². The Hall–Kier alpha value is -5.57. The fourth-order valence-corrected chi connectivity index (χ4v) is 7.46. The third kappa shape index (κ3) is 5.90. The molecule has 0 aliphatic carbocycles. The number of para-hydroxylation sites is 2. The molecular formula is C45H37F6N3. The molecule has 54 heavy (non-hydrogen) atoms. The van der Waals surface area contributed by atoms with E-state index in [0.717, 1.165) is 66.9 Å². The number of nitrogens with zero attached hydrogens (tertiary/aromatic N) is 3. The van der Waals surface area contributed by atoms with E-state index in [1.165, 1.54) is 0 Å². The van der Waals surface area contributed by atoms with Crippen molar-refractivity contribution in [2.75, 3.05) is 0 Å². The first kappa shape index (κ1) is 35.5. The van der Waals surface area contributed by atoms with Crippen LogP contribution < -0.4 is 0 Å². The third-order valence-electron chi connectivity index (χ3n) is 10.3. The first-order chi connectivity index (χ1) is 25.3. The zero-order chi connectivity index (χ0) is 38.5. The third-order valence-corrected chi connectivity index (χ3v) is 10.3. The summed E-state index contributed by atoms with van der Waals surface area (Å²) < 4.78 is 90.2. The predicted octanol–water partition coefficient (Wildman–Crippen LogP) is 13.6. The second-order valence-electron chi connectivity index (χ2n) is 16.0. The molecule has 0 unspecified atom stereocenters. The van der Waals surface area contributed by atoms with Crippen LogP contribution in [0.1, 0.15) is 63.8 Å². The molecule has 8 aromatic rings. The number of hydrogen-bond donors (Lipinski definition) is 0. The van der Waals surface area contributed by atoms with E-state index >= 15 is 0 Å². The van der Waals surface area contributed by atoms with E-state index in [9.17, 15) is 26.3 Å². The standard InChI is InChI=1S/C45H37F6N3/c1-42(2,3)27-15-17-33-31-11-7-9-13-36(31)53(38(33)22-27)40-25-52-41(24-35(40)26-19-29(44(46,47)48)21-30(20-26)45(49,50)51)54-37-14-10-8-12-32(37)34-18-16-28(23-39(34)54)43(4,5)6/h7-25H,1-6H3. The van der Waals surface area contributed by atoms with Gasteiger partial charge < -0.3 is 4.57 Å². The second kappa shape index (κ2) is 12.0. The van der Waals surface area contributed by atoms with E-state index in [1.807, 2.05) is 69.8 Å². The summed E-state index contributed by atoms with van der Waals surface area (Å²) in [6, 6.07) is 31.1. The van der Waals surface area contributed by atoms with Gasteiger partial charge in [0.1, 0.15) is 5.82 Å². The highest BCUT2D eigenvalue weighted by molar-refractivity contribution is 6.11. The van der Waals surface area contributed by atoms with E-state index in [1.54, 1.807) is 12.3 Å². The highest BCUT2D eigenvalue weighted by Gasteiger charge is 2.37. The Balaban J connectivity index is 1.52. The van der Waals surface area contributed by atoms with Crippen LogP contribution in [0, 0.1) is 0 Å². The number of benzene rings is 5. The topological polar surface area (TPSA) is 22.8 Å². The van der Waals surface area contributed by atoms with Gasteiger partial charge in [0.25, 0.3) is 0 Å². The zero-order valence-electron chi connectivity index (χ0n) is 30.6. The van der Waals surface area contributed by atoms with Gasteiger partial charge in [-0.15, -0.1) is 0 Å². The van der Waals surface area contributed by atoms with Crippen LogP contribution in [0.4, 0.5) is 26.3 Å². The highest BCUT2D eigenvalue weighted by atomic mass is 19.4. The molecule has 9 heteroatoms. The van der Waals surface area contributed by atoms with Crippen LogP contribution >= 0.6 is 0 Å². The van der Waals surface area contributed by atoms with Crippen LogP contribution in [-0.4, -0.2) is 14.1 Å². The number of alkyl halides is 6. The van der Waals surface area contributed by atoms with Gasteiger partial charge in [0.2, 0.25) is 0 Å². The van der Waals surface area contributed by atoms with Gasteiger partial charge in [0, 0.05) is 27.1 Å². The SMILES string of the molecule is CC(C)(C)c1ccc2c3ccccc3n(-c3cc(-c4cc(C(F)(F)F)cc(C(F)(F)F)c4)c(-n4c5ccccc5c5ccc(C(C)(C)C)cc54)cn3)c2c1. The average molecular weight is 734 g/mol. The van der Waals surface area contributed by atoms with Gasteiger partial charge in [-0.25, -0.2) is 4.98 Å². The predicted molar refractivity (Wildman–Crippen MR) is 206 cm³/mol. The summed E-state index contributed by atoms with van der Waals surface area (Å²) in [7, 11) is 0. The van der Waals surface area contributed by atoms with Gasteiger partial charge in [-0.1, -0.05) is 102 Å². The van der Waals surface area contributed by atoms with E-state index in [-0.39, 0.29) is 28.0 Å². The molecule has 0 aliphatic rings. The summed E-state index contributed by atoms with van der Waals surface area (Å²) in [6.07, 6.45) is -8.49. The van der Waals surface area contributed by atoms with Crippen molar-refractivity contribution in [1.29, 1.82) is 0 Å². The van der Waals surface area contributed by atoms with Crippen molar-refractivity contribution in [3.05, 3.63) is 138 Å². The van der Waals surface area contributed by atoms with Gasteiger partial charge in [0.15, 0.2) is 0 Å². The van der Waals surface area contributed by atoms with Crippen LogP contribution in [-0.2, 0) is 23.2 Å². The Morgan fingerprint density at radius 3 is 1.37 bits per heavy atom. The smallest absolute Gasteiger partial charge is 0.307 e. The van der Waals surface area contributed by atoms with E-state index in [0.29, 0.717) is 11.5 Å². The number of hydrogen-bond acceptors (Lipinski definition) is 1. The summed E-state index contributed by atoms with van der Waals surface area (Å²) in [5, 5.41) is 3.67. The lowest BCUT2D eigenvalue weighted by Gasteiger charge is -2.21. The molecule has 0 atom stereocenters. The monoisotopic (exact) mass is 733 g/mol. The molecule has 0 amide bonds. The first-order valence-corrected chi connectivity index (χ1v) is 17.7. The molecule has 0 saturated carbocycles. The minimum Gasteiger partial charge on any atom is -0.307 e. The van der Waals surface area contributed by atoms with Crippen LogP contribution in [0.3, 0.4) is 0 Å². The van der Waals surface area contributed by atoms with Crippen LogP contribution in [0.25, 0.3) is 66.2 Å². The molecule has 0 saturated heterocycles. The van der Waals surface area contributed by atoms with Crippen LogP contribution in [0.15, 0.2) is 115 Å². The molecule has 0 aliphatic heterocycles. The molecule has 3 aromatic heterocycles. The lowest BCUT2D eigenvalue weighted by atomic mass is 9.86. The van der Waals surface area contributed by atoms with Crippen molar-refractivity contribution in [3.8, 4) is 22.6 Å². The molecule has 5 aromatic carbocycles. The van der Waals surface area contributed by atoms with Crippen molar-refractivity contribution < 1.29 is 26.3 Å².